The van der Waals surface area contributed by atoms with Crippen LogP contribution in [0.5, 0.6) is 5.75 Å². The maximum Gasteiger partial charge on any atom is 0.377 e. The van der Waals surface area contributed by atoms with Crippen molar-refractivity contribution in [2.24, 2.45) is 5.92 Å². The summed E-state index contributed by atoms with van der Waals surface area (Å²) in [4.78, 5) is 23.1. The number of hydrogen-bond acceptors (Lipinski definition) is 8. The van der Waals surface area contributed by atoms with Crippen molar-refractivity contribution in [3.05, 3.63) is 29.8 Å². The van der Waals surface area contributed by atoms with Gasteiger partial charge in [-0.15, -0.1) is 0 Å². The molecule has 29 heavy (non-hydrogen) atoms. The Kier molecular flexibility index (Phi) is 7.73. The van der Waals surface area contributed by atoms with Crippen molar-refractivity contribution in [3.63, 3.8) is 0 Å². The van der Waals surface area contributed by atoms with Crippen molar-refractivity contribution in [3.8, 4) is 5.75 Å². The molecule has 1 aromatic rings. The molecule has 0 bridgehead atoms. The molecular weight excluding hydrogens is 384 g/mol. The molecule has 9 heteroatoms. The van der Waals surface area contributed by atoms with E-state index in [0.717, 1.165) is 5.56 Å². The van der Waals surface area contributed by atoms with E-state index in [9.17, 15) is 30.0 Å². The summed E-state index contributed by atoms with van der Waals surface area (Å²) < 4.78 is 11.2. The molecule has 5 N–H and O–H groups in total. The first-order valence-corrected chi connectivity index (χ1v) is 9.43. The fourth-order valence-electron chi connectivity index (χ4n) is 3.25. The highest BCUT2D eigenvalue weighted by atomic mass is 16.7. The van der Waals surface area contributed by atoms with Crippen LogP contribution in [0.25, 0.3) is 0 Å². The van der Waals surface area contributed by atoms with Crippen LogP contribution in [0, 0.1) is 5.92 Å². The summed E-state index contributed by atoms with van der Waals surface area (Å²) in [5.41, 5.74) is 0.870. The predicted molar refractivity (Wildman–Crippen MR) is 100 cm³/mol. The van der Waals surface area contributed by atoms with E-state index < -0.39 is 55.1 Å². The topological polar surface area (TPSA) is 154 Å². The van der Waals surface area contributed by atoms with Crippen molar-refractivity contribution >= 4 is 11.8 Å². The second-order valence-electron chi connectivity index (χ2n) is 7.46. The van der Waals surface area contributed by atoms with Gasteiger partial charge in [-0.25, -0.2) is 4.79 Å². The summed E-state index contributed by atoms with van der Waals surface area (Å²) >= 11 is 0. The number of carbonyl (C=O) groups is 2. The van der Waals surface area contributed by atoms with Gasteiger partial charge in [-0.05, 0) is 31.0 Å². The van der Waals surface area contributed by atoms with Crippen LogP contribution in [0.15, 0.2) is 24.3 Å². The molecule has 0 aliphatic carbocycles. The lowest BCUT2D eigenvalue weighted by Crippen LogP contribution is -2.62. The lowest BCUT2D eigenvalue weighted by molar-refractivity contribution is -0.291. The Morgan fingerprint density at radius 1 is 1.28 bits per heavy atom. The molecule has 162 valence electrons. The molecular formula is C20H28O9. The van der Waals surface area contributed by atoms with Gasteiger partial charge in [0, 0.05) is 12.3 Å². The van der Waals surface area contributed by atoms with Crippen LogP contribution in [0.4, 0.5) is 0 Å². The zero-order valence-corrected chi connectivity index (χ0v) is 16.4. The molecule has 1 fully saturated rings. The van der Waals surface area contributed by atoms with Gasteiger partial charge in [-0.3, -0.25) is 0 Å². The summed E-state index contributed by atoms with van der Waals surface area (Å²) in [6.07, 6.45) is -5.14. The lowest BCUT2D eigenvalue weighted by Gasteiger charge is -2.45. The van der Waals surface area contributed by atoms with E-state index in [0.29, 0.717) is 12.8 Å². The minimum Gasteiger partial charge on any atom is -0.476 e. The van der Waals surface area contributed by atoms with E-state index in [-0.39, 0.29) is 11.5 Å². The van der Waals surface area contributed by atoms with Gasteiger partial charge in [0.25, 0.3) is 0 Å². The molecule has 1 aliphatic heterocycles. The largest absolute Gasteiger partial charge is 0.476 e. The first-order valence-electron chi connectivity index (χ1n) is 9.43. The first-order chi connectivity index (χ1) is 13.6. The number of carboxylic acid groups (broad SMARTS) is 1. The predicted octanol–water partition coefficient (Wildman–Crippen LogP) is -0.132. The smallest absolute Gasteiger partial charge is 0.377 e. The molecule has 6 atom stereocenters. The Morgan fingerprint density at radius 3 is 2.41 bits per heavy atom. The van der Waals surface area contributed by atoms with Crippen LogP contribution in [-0.4, -0.2) is 74.1 Å². The number of ketones is 1. The minimum absolute atomic E-state index is 0.0588. The van der Waals surface area contributed by atoms with E-state index in [1.807, 2.05) is 0 Å². The van der Waals surface area contributed by atoms with Gasteiger partial charge in [0.05, 0.1) is 25.2 Å². The van der Waals surface area contributed by atoms with Gasteiger partial charge < -0.3 is 39.8 Å². The van der Waals surface area contributed by atoms with Crippen LogP contribution in [0.1, 0.15) is 32.3 Å². The van der Waals surface area contributed by atoms with Crippen LogP contribution in [-0.2, 0) is 20.7 Å². The fourth-order valence-corrected chi connectivity index (χ4v) is 3.25. The molecule has 9 nitrogen and oxygen atoms in total. The Labute approximate surface area is 168 Å². The number of aliphatic hydroxyl groups excluding tert-OH is 4. The van der Waals surface area contributed by atoms with E-state index in [2.05, 4.69) is 0 Å². The Bertz CT molecular complexity index is 704. The van der Waals surface area contributed by atoms with Crippen molar-refractivity contribution in [1.82, 2.24) is 0 Å². The molecule has 0 spiro atoms. The summed E-state index contributed by atoms with van der Waals surface area (Å²) in [5, 5.41) is 49.2. The third kappa shape index (κ3) is 5.52. The van der Waals surface area contributed by atoms with Gasteiger partial charge in [0.15, 0.2) is 0 Å². The Morgan fingerprint density at radius 2 is 1.90 bits per heavy atom. The van der Waals surface area contributed by atoms with E-state index in [1.54, 1.807) is 12.1 Å². The van der Waals surface area contributed by atoms with Gasteiger partial charge in [0.2, 0.25) is 0 Å². The lowest BCUT2D eigenvalue weighted by atomic mass is 9.84. The number of carbonyl (C=O) groups excluding carboxylic acids is 1. The summed E-state index contributed by atoms with van der Waals surface area (Å²) in [6.45, 7) is 2.28. The molecule has 0 saturated carbocycles. The number of ether oxygens (including phenoxy) is 2. The van der Waals surface area contributed by atoms with Crippen molar-refractivity contribution in [2.75, 3.05) is 6.61 Å². The van der Waals surface area contributed by atoms with E-state index in [4.69, 9.17) is 14.6 Å². The molecule has 0 aromatic heterocycles. The maximum atomic E-state index is 12.0. The number of rotatable bonds is 9. The highest BCUT2D eigenvalue weighted by Crippen LogP contribution is 2.37. The summed E-state index contributed by atoms with van der Waals surface area (Å²) in [7, 11) is 0. The van der Waals surface area contributed by atoms with Crippen molar-refractivity contribution in [1.29, 1.82) is 0 Å². The average Bonchev–Trinajstić information content (AvgIpc) is 2.68. The molecule has 1 saturated heterocycles. The van der Waals surface area contributed by atoms with Crippen molar-refractivity contribution in [2.45, 2.75) is 63.3 Å². The Hall–Kier alpha value is -2.04. The molecule has 0 amide bonds. The quantitative estimate of drug-likeness (QED) is 0.373. The molecule has 1 heterocycles. The number of carboxylic acids is 1. The number of aryl methyl sites for hydroxylation is 1. The van der Waals surface area contributed by atoms with Gasteiger partial charge in [0.1, 0.15) is 23.7 Å². The third-order valence-corrected chi connectivity index (χ3v) is 5.14. The van der Waals surface area contributed by atoms with E-state index >= 15 is 0 Å². The number of Topliss-reactive ketones (excluding diaryl/α,β-unsaturated/α-hetero) is 1. The number of hydrogen-bond donors (Lipinski definition) is 5. The standard InChI is InChI=1S/C20H28O9/c1-11(22)3-4-13-5-7-14(8-6-13)28-20(19(26)27)9-15(23)12(2)18(29-20)17(25)16(24)10-21/h5-8,12,15-18,21,23-25H,3-4,9-10H2,1-2H3,(H,26,27). The summed E-state index contributed by atoms with van der Waals surface area (Å²) in [6, 6.07) is 6.44. The second-order valence-corrected chi connectivity index (χ2v) is 7.46. The molecule has 2 rings (SSSR count). The van der Waals surface area contributed by atoms with Gasteiger partial charge in [-0.2, -0.15) is 0 Å². The van der Waals surface area contributed by atoms with Crippen LogP contribution in [0.2, 0.25) is 0 Å². The van der Waals surface area contributed by atoms with E-state index in [1.165, 1.54) is 26.0 Å². The van der Waals surface area contributed by atoms with Gasteiger partial charge in [-0.1, -0.05) is 19.1 Å². The maximum absolute atomic E-state index is 12.0. The van der Waals surface area contributed by atoms with Crippen LogP contribution in [0.3, 0.4) is 0 Å². The van der Waals surface area contributed by atoms with Crippen LogP contribution < -0.4 is 4.74 Å². The van der Waals surface area contributed by atoms with Crippen molar-refractivity contribution < 1.29 is 44.6 Å². The molecule has 6 unspecified atom stereocenters. The monoisotopic (exact) mass is 412 g/mol. The van der Waals surface area contributed by atoms with Gasteiger partial charge >= 0.3 is 11.8 Å². The third-order valence-electron chi connectivity index (χ3n) is 5.14. The number of aliphatic hydroxyl groups is 4. The van der Waals surface area contributed by atoms with Crippen LogP contribution >= 0.6 is 0 Å². The highest BCUT2D eigenvalue weighted by molar-refractivity contribution is 5.76. The Balaban J connectivity index is 2.23. The second kappa shape index (κ2) is 9.64. The first kappa shape index (κ1) is 23.2. The zero-order chi connectivity index (χ0) is 21.8. The number of aliphatic carboxylic acids is 1. The normalized spacial score (nSPS) is 29.1. The molecule has 1 aliphatic rings. The SMILES string of the molecule is CC(=O)CCc1ccc(OC2(C(=O)O)CC(O)C(C)C(C(O)C(O)CO)O2)cc1. The average molecular weight is 412 g/mol. The molecule has 0 radical (unpaired) electrons. The minimum atomic E-state index is -2.28. The molecule has 1 aromatic carbocycles. The highest BCUT2D eigenvalue weighted by Gasteiger charge is 2.55. The fraction of sp³-hybridized carbons (Fsp3) is 0.600. The number of benzene rings is 1. The zero-order valence-electron chi connectivity index (χ0n) is 16.4. The summed E-state index contributed by atoms with van der Waals surface area (Å²) in [5.74, 6) is -4.27.